The number of pyridine rings is 1. The summed E-state index contributed by atoms with van der Waals surface area (Å²) in [6, 6.07) is 19.0. The molecule has 4 nitrogen and oxygen atoms in total. The van der Waals surface area contributed by atoms with Crippen LogP contribution in [0.15, 0.2) is 73.1 Å². The summed E-state index contributed by atoms with van der Waals surface area (Å²) in [5.74, 6) is 0.338. The normalized spacial score (nSPS) is 10.2. The van der Waals surface area contributed by atoms with Crippen LogP contribution in [0.5, 0.6) is 5.75 Å². The summed E-state index contributed by atoms with van der Waals surface area (Å²) < 4.78 is 6.83. The Balaban J connectivity index is 1.79. The molecule has 0 unspecified atom stereocenters. The topological polar surface area (TPSA) is 51.2 Å². The van der Waals surface area contributed by atoms with E-state index in [-0.39, 0.29) is 5.91 Å². The molecule has 5 heteroatoms. The van der Waals surface area contributed by atoms with E-state index in [0.717, 1.165) is 9.13 Å². The van der Waals surface area contributed by atoms with Gasteiger partial charge in [-0.15, -0.1) is 0 Å². The van der Waals surface area contributed by atoms with Crippen molar-refractivity contribution in [1.82, 2.24) is 4.98 Å². The van der Waals surface area contributed by atoms with Crippen LogP contribution >= 0.6 is 22.6 Å². The predicted octanol–water partition coefficient (Wildman–Crippen LogP) is 4.52. The minimum atomic E-state index is -0.218. The Kier molecular flexibility index (Phi) is 5.43. The number of ether oxygens (including phenoxy) is 1. The van der Waals surface area contributed by atoms with E-state index in [1.54, 1.807) is 24.5 Å². The average Bonchev–Trinajstić information content (AvgIpc) is 2.62. The van der Waals surface area contributed by atoms with Gasteiger partial charge in [0, 0.05) is 9.77 Å². The van der Waals surface area contributed by atoms with E-state index in [4.69, 9.17) is 4.74 Å². The molecule has 1 aromatic heterocycles. The monoisotopic (exact) mass is 430 g/mol. The molecule has 1 N–H and O–H groups in total. The van der Waals surface area contributed by atoms with Gasteiger partial charge in [-0.25, -0.2) is 0 Å². The highest BCUT2D eigenvalue weighted by Gasteiger charge is 2.14. The van der Waals surface area contributed by atoms with Crippen LogP contribution in [0.4, 0.5) is 5.69 Å². The third-order valence-electron chi connectivity index (χ3n) is 3.34. The number of benzene rings is 2. The molecule has 2 aromatic carbocycles. The number of rotatable bonds is 5. The molecule has 1 heterocycles. The number of hydrogen-bond acceptors (Lipinski definition) is 3. The van der Waals surface area contributed by atoms with E-state index < -0.39 is 0 Å². The summed E-state index contributed by atoms with van der Waals surface area (Å²) in [4.78, 5) is 16.6. The molecule has 0 aliphatic heterocycles. The molecule has 3 rings (SSSR count). The second kappa shape index (κ2) is 7.92. The van der Waals surface area contributed by atoms with Crippen LogP contribution in [0, 0.1) is 3.57 Å². The van der Waals surface area contributed by atoms with Crippen LogP contribution in [-0.4, -0.2) is 10.9 Å². The molecule has 0 aliphatic carbocycles. The van der Waals surface area contributed by atoms with E-state index in [1.807, 2.05) is 48.5 Å². The first-order valence-electron chi connectivity index (χ1n) is 7.40. The lowest BCUT2D eigenvalue weighted by molar-refractivity contribution is 0.102. The lowest BCUT2D eigenvalue weighted by Gasteiger charge is -2.12. The highest BCUT2D eigenvalue weighted by Crippen LogP contribution is 2.23. The molecule has 0 atom stereocenters. The zero-order valence-electron chi connectivity index (χ0n) is 12.8. The van der Waals surface area contributed by atoms with Crippen LogP contribution in [-0.2, 0) is 6.61 Å². The molecule has 0 saturated carbocycles. The van der Waals surface area contributed by atoms with Gasteiger partial charge in [0.25, 0.3) is 5.91 Å². The number of anilines is 1. The van der Waals surface area contributed by atoms with Gasteiger partial charge >= 0.3 is 0 Å². The van der Waals surface area contributed by atoms with Crippen molar-refractivity contribution in [3.05, 3.63) is 87.8 Å². The quantitative estimate of drug-likeness (QED) is 0.606. The van der Waals surface area contributed by atoms with Gasteiger partial charge < -0.3 is 10.1 Å². The van der Waals surface area contributed by atoms with Gasteiger partial charge in [0.2, 0.25) is 0 Å². The molecule has 24 heavy (non-hydrogen) atoms. The molecular weight excluding hydrogens is 415 g/mol. The maximum absolute atomic E-state index is 12.6. The lowest BCUT2D eigenvalue weighted by atomic mass is 10.2. The highest BCUT2D eigenvalue weighted by atomic mass is 127. The second-order valence-corrected chi connectivity index (χ2v) is 6.36. The van der Waals surface area contributed by atoms with E-state index in [1.165, 1.54) is 0 Å². The van der Waals surface area contributed by atoms with Crippen molar-refractivity contribution >= 4 is 34.2 Å². The van der Waals surface area contributed by atoms with Crippen molar-refractivity contribution in [3.8, 4) is 5.75 Å². The van der Waals surface area contributed by atoms with E-state index in [0.29, 0.717) is 23.6 Å². The fourth-order valence-corrected chi connectivity index (χ4v) is 2.67. The molecular formula is C19H15IN2O2. The van der Waals surface area contributed by atoms with Crippen LogP contribution in [0.3, 0.4) is 0 Å². The number of carbonyl (C=O) groups is 1. The summed E-state index contributed by atoms with van der Waals surface area (Å²) in [5.41, 5.74) is 2.20. The smallest absolute Gasteiger partial charge is 0.259 e. The van der Waals surface area contributed by atoms with Gasteiger partial charge in [-0.2, -0.15) is 0 Å². The van der Waals surface area contributed by atoms with Gasteiger partial charge in [0.05, 0.1) is 17.4 Å². The number of aromatic nitrogens is 1. The van der Waals surface area contributed by atoms with Crippen LogP contribution in [0.2, 0.25) is 0 Å². The Morgan fingerprint density at radius 3 is 2.67 bits per heavy atom. The SMILES string of the molecule is O=C(Nc1cccnc1)c1cc(I)ccc1OCc1ccccc1. The summed E-state index contributed by atoms with van der Waals surface area (Å²) in [7, 11) is 0. The maximum Gasteiger partial charge on any atom is 0.259 e. The van der Waals surface area contributed by atoms with Crippen molar-refractivity contribution in [1.29, 1.82) is 0 Å². The lowest BCUT2D eigenvalue weighted by Crippen LogP contribution is -2.14. The van der Waals surface area contributed by atoms with Gasteiger partial charge in [0.1, 0.15) is 12.4 Å². The summed E-state index contributed by atoms with van der Waals surface area (Å²) >= 11 is 2.18. The highest BCUT2D eigenvalue weighted by molar-refractivity contribution is 14.1. The minimum Gasteiger partial charge on any atom is -0.488 e. The zero-order valence-corrected chi connectivity index (χ0v) is 14.9. The summed E-state index contributed by atoms with van der Waals surface area (Å²) in [5, 5.41) is 2.84. The first-order valence-corrected chi connectivity index (χ1v) is 8.48. The average molecular weight is 430 g/mol. The van der Waals surface area contributed by atoms with Crippen molar-refractivity contribution in [2.45, 2.75) is 6.61 Å². The van der Waals surface area contributed by atoms with Gasteiger partial charge in [0.15, 0.2) is 0 Å². The molecule has 0 fully saturated rings. The number of hydrogen-bond donors (Lipinski definition) is 1. The maximum atomic E-state index is 12.6. The van der Waals surface area contributed by atoms with Crippen molar-refractivity contribution < 1.29 is 9.53 Å². The fourth-order valence-electron chi connectivity index (χ4n) is 2.18. The minimum absolute atomic E-state index is 0.218. The van der Waals surface area contributed by atoms with E-state index in [9.17, 15) is 4.79 Å². The summed E-state index contributed by atoms with van der Waals surface area (Å²) in [6.07, 6.45) is 3.27. The van der Waals surface area contributed by atoms with Crippen LogP contribution < -0.4 is 10.1 Å². The molecule has 1 amide bonds. The van der Waals surface area contributed by atoms with Crippen LogP contribution in [0.1, 0.15) is 15.9 Å². The van der Waals surface area contributed by atoms with Crippen molar-refractivity contribution in [2.75, 3.05) is 5.32 Å². The Morgan fingerprint density at radius 2 is 1.92 bits per heavy atom. The number of nitrogens with zero attached hydrogens (tertiary/aromatic N) is 1. The van der Waals surface area contributed by atoms with Crippen molar-refractivity contribution in [2.24, 2.45) is 0 Å². The van der Waals surface area contributed by atoms with E-state index >= 15 is 0 Å². The second-order valence-electron chi connectivity index (χ2n) is 5.11. The summed E-state index contributed by atoms with van der Waals surface area (Å²) in [6.45, 7) is 0.411. The molecule has 0 saturated heterocycles. The van der Waals surface area contributed by atoms with Gasteiger partial charge in [-0.1, -0.05) is 30.3 Å². The number of amides is 1. The predicted molar refractivity (Wildman–Crippen MR) is 102 cm³/mol. The largest absolute Gasteiger partial charge is 0.488 e. The molecule has 3 aromatic rings. The number of carbonyl (C=O) groups excluding carboxylic acids is 1. The Bertz CT molecular complexity index is 823. The first kappa shape index (κ1) is 16.4. The standard InChI is InChI=1S/C19H15IN2O2/c20-15-8-9-18(24-13-14-5-2-1-3-6-14)17(11-15)19(23)22-16-7-4-10-21-12-16/h1-12H,13H2,(H,22,23). The van der Waals surface area contributed by atoms with Gasteiger partial charge in [-0.3, -0.25) is 9.78 Å². The zero-order chi connectivity index (χ0) is 16.8. The molecule has 0 aliphatic rings. The molecule has 0 spiro atoms. The Labute approximate surface area is 154 Å². The van der Waals surface area contributed by atoms with Crippen molar-refractivity contribution in [3.63, 3.8) is 0 Å². The molecule has 0 bridgehead atoms. The molecule has 120 valence electrons. The molecule has 0 radical (unpaired) electrons. The fraction of sp³-hybridized carbons (Fsp3) is 0.0526. The Hall–Kier alpha value is -2.41. The van der Waals surface area contributed by atoms with E-state index in [2.05, 4.69) is 32.9 Å². The van der Waals surface area contributed by atoms with Gasteiger partial charge in [-0.05, 0) is 58.5 Å². The Morgan fingerprint density at radius 1 is 1.08 bits per heavy atom. The number of halogens is 1. The van der Waals surface area contributed by atoms with Crippen LogP contribution in [0.25, 0.3) is 0 Å². The third kappa shape index (κ3) is 4.32. The number of nitrogens with one attached hydrogen (secondary N) is 1. The first-order chi connectivity index (χ1) is 11.7. The third-order valence-corrected chi connectivity index (χ3v) is 4.01.